The molecule has 2 rings (SSSR count). The lowest BCUT2D eigenvalue weighted by atomic mass is 10.2. The number of rotatable bonds is 4. The summed E-state index contributed by atoms with van der Waals surface area (Å²) < 4.78 is 29.7. The molecule has 0 saturated heterocycles. The summed E-state index contributed by atoms with van der Waals surface area (Å²) in [4.78, 5) is 0. The van der Waals surface area contributed by atoms with Gasteiger partial charge in [0, 0.05) is 0 Å². The molecule has 0 radical (unpaired) electrons. The highest BCUT2D eigenvalue weighted by molar-refractivity contribution is 14.1. The maximum absolute atomic E-state index is 11.9. The van der Waals surface area contributed by atoms with Gasteiger partial charge in [-0.05, 0) is 40.3 Å². The summed E-state index contributed by atoms with van der Waals surface area (Å²) >= 11 is 2.04. The Hall–Kier alpha value is -1.08. The van der Waals surface area contributed by atoms with Crippen LogP contribution in [0.1, 0.15) is 5.56 Å². The van der Waals surface area contributed by atoms with Crippen molar-refractivity contribution < 1.29 is 12.6 Å². The molecule has 5 heteroatoms. The molecule has 94 valence electrons. The van der Waals surface area contributed by atoms with E-state index in [4.69, 9.17) is 4.18 Å². The van der Waals surface area contributed by atoms with Gasteiger partial charge >= 0.3 is 10.1 Å². The lowest BCUT2D eigenvalue weighted by Crippen LogP contribution is -2.12. The van der Waals surface area contributed by atoms with E-state index in [2.05, 4.69) is 0 Å². The van der Waals surface area contributed by atoms with E-state index in [-0.39, 0.29) is 5.75 Å². The lowest BCUT2D eigenvalue weighted by molar-refractivity contribution is 0.483. The zero-order valence-electron chi connectivity index (χ0n) is 9.41. The molecule has 0 amide bonds. The van der Waals surface area contributed by atoms with Gasteiger partial charge in [0.25, 0.3) is 0 Å². The van der Waals surface area contributed by atoms with Gasteiger partial charge < -0.3 is 4.18 Å². The molecule has 0 N–H and O–H groups in total. The molecule has 0 saturated carbocycles. The Kier molecular flexibility index (Phi) is 4.23. The van der Waals surface area contributed by atoms with Gasteiger partial charge in [0.15, 0.2) is 5.75 Å². The summed E-state index contributed by atoms with van der Waals surface area (Å²) in [5, 5.41) is 0. The van der Waals surface area contributed by atoms with E-state index in [1.807, 2.05) is 34.7 Å². The Bertz CT molecular complexity index is 624. The number of para-hydroxylation sites is 1. The SMILES string of the molecule is O=S(=O)(Cc1ccccc1)Oc1ccccc1I. The van der Waals surface area contributed by atoms with Crippen LogP contribution < -0.4 is 4.18 Å². The van der Waals surface area contributed by atoms with E-state index in [0.717, 1.165) is 3.57 Å². The largest absolute Gasteiger partial charge is 0.381 e. The highest BCUT2D eigenvalue weighted by Gasteiger charge is 2.15. The fourth-order valence-corrected chi connectivity index (χ4v) is 3.18. The number of hydrogen-bond donors (Lipinski definition) is 0. The van der Waals surface area contributed by atoms with Crippen molar-refractivity contribution in [3.63, 3.8) is 0 Å². The van der Waals surface area contributed by atoms with Crippen molar-refractivity contribution in [1.29, 1.82) is 0 Å². The fraction of sp³-hybridized carbons (Fsp3) is 0.0769. The highest BCUT2D eigenvalue weighted by Crippen LogP contribution is 2.22. The summed E-state index contributed by atoms with van der Waals surface area (Å²) in [7, 11) is -3.61. The van der Waals surface area contributed by atoms with Gasteiger partial charge in [-0.25, -0.2) is 0 Å². The first-order valence-electron chi connectivity index (χ1n) is 5.27. The Balaban J connectivity index is 2.16. The summed E-state index contributed by atoms with van der Waals surface area (Å²) in [6.07, 6.45) is 0. The molecule has 0 aliphatic rings. The first-order valence-corrected chi connectivity index (χ1v) is 7.93. The standard InChI is InChI=1S/C13H11IO3S/c14-12-8-4-5-9-13(12)17-18(15,16)10-11-6-2-1-3-7-11/h1-9H,10H2. The van der Waals surface area contributed by atoms with Crippen LogP contribution in [0.4, 0.5) is 0 Å². The van der Waals surface area contributed by atoms with Crippen LogP contribution in [-0.2, 0) is 15.9 Å². The van der Waals surface area contributed by atoms with Crippen molar-refractivity contribution in [2.24, 2.45) is 0 Å². The lowest BCUT2D eigenvalue weighted by Gasteiger charge is -2.08. The molecule has 0 aliphatic carbocycles. The minimum atomic E-state index is -3.61. The van der Waals surface area contributed by atoms with Crippen LogP contribution in [0.15, 0.2) is 54.6 Å². The molecule has 3 nitrogen and oxygen atoms in total. The van der Waals surface area contributed by atoms with Crippen LogP contribution in [0.3, 0.4) is 0 Å². The van der Waals surface area contributed by atoms with Gasteiger partial charge in [-0.15, -0.1) is 0 Å². The summed E-state index contributed by atoms with van der Waals surface area (Å²) in [5.41, 5.74) is 0.712. The van der Waals surface area contributed by atoms with Crippen molar-refractivity contribution in [1.82, 2.24) is 0 Å². The molecule has 18 heavy (non-hydrogen) atoms. The summed E-state index contributed by atoms with van der Waals surface area (Å²) in [6, 6.07) is 16.0. The van der Waals surface area contributed by atoms with E-state index < -0.39 is 10.1 Å². The van der Waals surface area contributed by atoms with Crippen LogP contribution in [-0.4, -0.2) is 8.42 Å². The highest BCUT2D eigenvalue weighted by atomic mass is 127. The molecule has 0 heterocycles. The minimum absolute atomic E-state index is 0.126. The van der Waals surface area contributed by atoms with Crippen molar-refractivity contribution in [2.45, 2.75) is 5.75 Å². The normalized spacial score (nSPS) is 11.2. The predicted octanol–water partition coefficient (Wildman–Crippen LogP) is 3.20. The van der Waals surface area contributed by atoms with Crippen LogP contribution in [0.2, 0.25) is 0 Å². The van der Waals surface area contributed by atoms with Crippen molar-refractivity contribution in [3.05, 3.63) is 63.7 Å². The quantitative estimate of drug-likeness (QED) is 0.610. The van der Waals surface area contributed by atoms with Crippen LogP contribution in [0, 0.1) is 3.57 Å². The Morgan fingerprint density at radius 2 is 1.56 bits per heavy atom. The van der Waals surface area contributed by atoms with E-state index in [1.54, 1.807) is 42.5 Å². The van der Waals surface area contributed by atoms with E-state index in [9.17, 15) is 8.42 Å². The molecule has 0 aliphatic heterocycles. The van der Waals surface area contributed by atoms with E-state index in [0.29, 0.717) is 11.3 Å². The Morgan fingerprint density at radius 3 is 2.22 bits per heavy atom. The molecule has 0 spiro atoms. The predicted molar refractivity (Wildman–Crippen MR) is 78.9 cm³/mol. The van der Waals surface area contributed by atoms with E-state index in [1.165, 1.54) is 0 Å². The van der Waals surface area contributed by atoms with E-state index >= 15 is 0 Å². The first-order chi connectivity index (χ1) is 8.57. The van der Waals surface area contributed by atoms with Crippen LogP contribution >= 0.6 is 22.6 Å². The second-order valence-electron chi connectivity index (χ2n) is 3.70. The third-order valence-corrected chi connectivity index (χ3v) is 4.25. The third-order valence-electron chi connectivity index (χ3n) is 2.24. The van der Waals surface area contributed by atoms with Gasteiger partial charge in [-0.1, -0.05) is 42.5 Å². The second-order valence-corrected chi connectivity index (χ2v) is 6.43. The molecule has 2 aromatic rings. The first kappa shape index (κ1) is 13.4. The maximum atomic E-state index is 11.9. The van der Waals surface area contributed by atoms with Crippen LogP contribution in [0.25, 0.3) is 0 Å². The van der Waals surface area contributed by atoms with Gasteiger partial charge in [0.05, 0.1) is 3.57 Å². The minimum Gasteiger partial charge on any atom is -0.381 e. The maximum Gasteiger partial charge on any atom is 0.313 e. The van der Waals surface area contributed by atoms with Gasteiger partial charge in [0.1, 0.15) is 5.75 Å². The molecule has 0 atom stereocenters. The van der Waals surface area contributed by atoms with Crippen molar-refractivity contribution >= 4 is 32.7 Å². The van der Waals surface area contributed by atoms with Crippen molar-refractivity contribution in [3.8, 4) is 5.75 Å². The zero-order chi connectivity index (χ0) is 13.0. The van der Waals surface area contributed by atoms with Crippen molar-refractivity contribution in [2.75, 3.05) is 0 Å². The zero-order valence-corrected chi connectivity index (χ0v) is 12.4. The third kappa shape index (κ3) is 3.71. The molecule has 0 bridgehead atoms. The number of hydrogen-bond acceptors (Lipinski definition) is 3. The molecule has 0 aromatic heterocycles. The monoisotopic (exact) mass is 374 g/mol. The number of halogens is 1. The smallest absolute Gasteiger partial charge is 0.313 e. The second kappa shape index (κ2) is 5.71. The van der Waals surface area contributed by atoms with Gasteiger partial charge in [0.2, 0.25) is 0 Å². The van der Waals surface area contributed by atoms with Crippen LogP contribution in [0.5, 0.6) is 5.75 Å². The fourth-order valence-electron chi connectivity index (χ4n) is 1.46. The molecular formula is C13H11IO3S. The van der Waals surface area contributed by atoms with Gasteiger partial charge in [-0.2, -0.15) is 8.42 Å². The topological polar surface area (TPSA) is 43.4 Å². The average molecular weight is 374 g/mol. The molecular weight excluding hydrogens is 363 g/mol. The molecule has 2 aromatic carbocycles. The molecule has 0 unspecified atom stereocenters. The molecule has 0 fully saturated rings. The Morgan fingerprint density at radius 1 is 0.944 bits per heavy atom. The summed E-state index contributed by atoms with van der Waals surface area (Å²) in [5.74, 6) is 0.243. The Labute approximate surface area is 120 Å². The summed E-state index contributed by atoms with van der Waals surface area (Å²) in [6.45, 7) is 0. The van der Waals surface area contributed by atoms with Gasteiger partial charge in [-0.3, -0.25) is 0 Å². The number of benzene rings is 2. The average Bonchev–Trinajstić information content (AvgIpc) is 2.32.